The molecular formula is C14H12I2O3. The van der Waals surface area contributed by atoms with Gasteiger partial charge in [-0.15, -0.1) is 0 Å². The number of hydrogen-bond acceptors (Lipinski definition) is 3. The zero-order valence-corrected chi connectivity index (χ0v) is 14.5. The number of aliphatic hydroxyl groups excluding tert-OH is 1. The average molecular weight is 482 g/mol. The zero-order valence-electron chi connectivity index (χ0n) is 10.2. The van der Waals surface area contributed by atoms with Gasteiger partial charge in [-0.2, -0.15) is 0 Å². The molecule has 2 aromatic rings. The Morgan fingerprint density at radius 1 is 1.00 bits per heavy atom. The van der Waals surface area contributed by atoms with Crippen molar-refractivity contribution in [2.24, 2.45) is 0 Å². The molecule has 5 heteroatoms. The number of ether oxygens (including phenoxy) is 2. The van der Waals surface area contributed by atoms with Crippen molar-refractivity contribution >= 4 is 45.2 Å². The second-order valence-electron chi connectivity index (χ2n) is 3.82. The molecule has 0 amide bonds. The van der Waals surface area contributed by atoms with Crippen LogP contribution >= 0.6 is 45.2 Å². The first-order valence-electron chi connectivity index (χ1n) is 5.54. The van der Waals surface area contributed by atoms with Crippen molar-refractivity contribution in [3.8, 4) is 17.2 Å². The summed E-state index contributed by atoms with van der Waals surface area (Å²) in [5, 5.41) is 9.16. The van der Waals surface area contributed by atoms with Gasteiger partial charge in [0.25, 0.3) is 0 Å². The van der Waals surface area contributed by atoms with Crippen molar-refractivity contribution in [1.29, 1.82) is 0 Å². The molecule has 0 radical (unpaired) electrons. The smallest absolute Gasteiger partial charge is 0.154 e. The van der Waals surface area contributed by atoms with E-state index in [1.165, 1.54) is 0 Å². The van der Waals surface area contributed by atoms with Crippen molar-refractivity contribution < 1.29 is 14.6 Å². The predicted octanol–water partition coefficient (Wildman–Crippen LogP) is 4.19. The van der Waals surface area contributed by atoms with Crippen LogP contribution in [0.5, 0.6) is 17.2 Å². The molecule has 0 saturated heterocycles. The van der Waals surface area contributed by atoms with Crippen LogP contribution in [0.3, 0.4) is 0 Å². The van der Waals surface area contributed by atoms with Crippen LogP contribution in [0.25, 0.3) is 0 Å². The summed E-state index contributed by atoms with van der Waals surface area (Å²) in [4.78, 5) is 0. The number of hydrogen-bond donors (Lipinski definition) is 1. The zero-order chi connectivity index (χ0) is 13.8. The number of benzene rings is 2. The molecule has 0 fully saturated rings. The summed E-state index contributed by atoms with van der Waals surface area (Å²) in [6.07, 6.45) is 0. The molecule has 3 nitrogen and oxygen atoms in total. The second kappa shape index (κ2) is 6.76. The molecule has 1 N–H and O–H groups in total. The largest absolute Gasteiger partial charge is 0.497 e. The topological polar surface area (TPSA) is 38.7 Å². The molecule has 19 heavy (non-hydrogen) atoms. The maximum atomic E-state index is 9.16. The van der Waals surface area contributed by atoms with Gasteiger partial charge >= 0.3 is 0 Å². The van der Waals surface area contributed by atoms with E-state index in [1.54, 1.807) is 7.11 Å². The number of aliphatic hydroxyl groups is 1. The van der Waals surface area contributed by atoms with Gasteiger partial charge in [0.2, 0.25) is 0 Å². The summed E-state index contributed by atoms with van der Waals surface area (Å²) in [6.45, 7) is 0.0365. The highest BCUT2D eigenvalue weighted by Gasteiger charge is 2.10. The van der Waals surface area contributed by atoms with E-state index in [1.807, 2.05) is 36.4 Å². The molecule has 0 unspecified atom stereocenters. The first-order chi connectivity index (χ1) is 9.13. The molecular weight excluding hydrogens is 470 g/mol. The molecule has 0 heterocycles. The lowest BCUT2D eigenvalue weighted by Gasteiger charge is -2.11. The molecule has 0 aliphatic carbocycles. The molecule has 2 rings (SSSR count). The highest BCUT2D eigenvalue weighted by molar-refractivity contribution is 14.1. The van der Waals surface area contributed by atoms with Crippen molar-refractivity contribution in [2.45, 2.75) is 6.61 Å². The highest BCUT2D eigenvalue weighted by Crippen LogP contribution is 2.33. The third kappa shape index (κ3) is 3.73. The molecule has 0 saturated carbocycles. The minimum atomic E-state index is 0.0365. The lowest BCUT2D eigenvalue weighted by Crippen LogP contribution is -1.94. The quantitative estimate of drug-likeness (QED) is 0.665. The molecule has 0 aromatic heterocycles. The first-order valence-corrected chi connectivity index (χ1v) is 7.70. The van der Waals surface area contributed by atoms with E-state index in [-0.39, 0.29) is 6.61 Å². The van der Waals surface area contributed by atoms with E-state index >= 15 is 0 Å². The maximum absolute atomic E-state index is 9.16. The van der Waals surface area contributed by atoms with Gasteiger partial charge < -0.3 is 14.6 Å². The van der Waals surface area contributed by atoms with Gasteiger partial charge in [-0.05, 0) is 87.1 Å². The summed E-state index contributed by atoms with van der Waals surface area (Å²) in [5.74, 6) is 2.37. The van der Waals surface area contributed by atoms with Gasteiger partial charge in [0.15, 0.2) is 5.75 Å². The highest BCUT2D eigenvalue weighted by atomic mass is 127. The van der Waals surface area contributed by atoms with Crippen LogP contribution in [0.15, 0.2) is 36.4 Å². The number of rotatable bonds is 4. The molecule has 0 aliphatic heterocycles. The molecule has 100 valence electrons. The van der Waals surface area contributed by atoms with Crippen LogP contribution in [-0.4, -0.2) is 12.2 Å². The summed E-state index contributed by atoms with van der Waals surface area (Å²) in [6, 6.07) is 11.3. The van der Waals surface area contributed by atoms with Crippen LogP contribution in [0.2, 0.25) is 0 Å². The van der Waals surface area contributed by atoms with Crippen molar-refractivity contribution in [3.63, 3.8) is 0 Å². The summed E-state index contributed by atoms with van der Waals surface area (Å²) >= 11 is 4.42. The fourth-order valence-electron chi connectivity index (χ4n) is 1.56. The lowest BCUT2D eigenvalue weighted by molar-refractivity contribution is 0.281. The van der Waals surface area contributed by atoms with E-state index in [4.69, 9.17) is 14.6 Å². The van der Waals surface area contributed by atoms with Crippen molar-refractivity contribution in [3.05, 3.63) is 49.1 Å². The normalized spacial score (nSPS) is 10.3. The molecule has 0 bridgehead atoms. The Balaban J connectivity index is 2.27. The minimum absolute atomic E-state index is 0.0365. The average Bonchev–Trinajstić information content (AvgIpc) is 2.43. The third-order valence-electron chi connectivity index (χ3n) is 2.52. The van der Waals surface area contributed by atoms with Gasteiger partial charge in [-0.25, -0.2) is 0 Å². The van der Waals surface area contributed by atoms with E-state index in [0.29, 0.717) is 0 Å². The first kappa shape index (κ1) is 14.9. The predicted molar refractivity (Wildman–Crippen MR) is 90.9 cm³/mol. The fraction of sp³-hybridized carbons (Fsp3) is 0.143. The van der Waals surface area contributed by atoms with E-state index in [9.17, 15) is 0 Å². The fourth-order valence-corrected chi connectivity index (χ4v) is 3.68. The van der Waals surface area contributed by atoms with Crippen LogP contribution in [-0.2, 0) is 6.61 Å². The second-order valence-corrected chi connectivity index (χ2v) is 6.15. The number of halogens is 2. The minimum Gasteiger partial charge on any atom is -0.497 e. The molecule has 2 aromatic carbocycles. The van der Waals surface area contributed by atoms with Gasteiger partial charge in [0.1, 0.15) is 11.5 Å². The Labute approximate surface area is 139 Å². The SMILES string of the molecule is COc1ccc(Oc2c(I)cc(CO)cc2I)cc1. The molecule has 0 atom stereocenters. The lowest BCUT2D eigenvalue weighted by atomic mass is 10.2. The Hall–Kier alpha value is -0.540. The van der Waals surface area contributed by atoms with Gasteiger partial charge in [0.05, 0.1) is 20.9 Å². The van der Waals surface area contributed by atoms with Crippen molar-refractivity contribution in [2.75, 3.05) is 7.11 Å². The monoisotopic (exact) mass is 482 g/mol. The number of methoxy groups -OCH3 is 1. The molecule has 0 spiro atoms. The van der Waals surface area contributed by atoms with E-state index in [0.717, 1.165) is 30.0 Å². The van der Waals surface area contributed by atoms with Crippen LogP contribution < -0.4 is 9.47 Å². The maximum Gasteiger partial charge on any atom is 0.154 e. The molecule has 0 aliphatic rings. The summed E-state index contributed by atoms with van der Waals surface area (Å²) in [7, 11) is 1.63. The Kier molecular flexibility index (Phi) is 5.28. The van der Waals surface area contributed by atoms with Gasteiger partial charge in [0, 0.05) is 0 Å². The Morgan fingerprint density at radius 3 is 2.00 bits per heavy atom. The Bertz CT molecular complexity index is 544. The summed E-state index contributed by atoms with van der Waals surface area (Å²) in [5.41, 5.74) is 0.885. The van der Waals surface area contributed by atoms with Gasteiger partial charge in [-0.3, -0.25) is 0 Å². The third-order valence-corrected chi connectivity index (χ3v) is 4.12. The Morgan fingerprint density at radius 2 is 1.53 bits per heavy atom. The van der Waals surface area contributed by atoms with Crippen LogP contribution in [0.4, 0.5) is 0 Å². The van der Waals surface area contributed by atoms with Crippen molar-refractivity contribution in [1.82, 2.24) is 0 Å². The standard InChI is InChI=1S/C14H12I2O3/c1-18-10-2-4-11(5-3-10)19-14-12(15)6-9(8-17)7-13(14)16/h2-7,17H,8H2,1H3. The van der Waals surface area contributed by atoms with E-state index < -0.39 is 0 Å². The summed E-state index contributed by atoms with van der Waals surface area (Å²) < 4.78 is 13.0. The van der Waals surface area contributed by atoms with Crippen LogP contribution in [0, 0.1) is 7.14 Å². The van der Waals surface area contributed by atoms with Crippen LogP contribution in [0.1, 0.15) is 5.56 Å². The van der Waals surface area contributed by atoms with Gasteiger partial charge in [-0.1, -0.05) is 0 Å². The van der Waals surface area contributed by atoms with E-state index in [2.05, 4.69) is 45.2 Å².